The lowest BCUT2D eigenvalue weighted by molar-refractivity contribution is -0.120. The standard InChI is InChI=1S/C19H18ClN5OS/c1-12(18(26)22-15-4-5-15)27-19-24-23-17(13-8-10-21-11-9-13)25(19)16-6-2-14(20)3-7-16/h2-3,6-12,15H,4-5H2,1H3,(H,22,26). The number of benzene rings is 1. The van der Waals surface area contributed by atoms with Crippen LogP contribution in [0, 0.1) is 0 Å². The summed E-state index contributed by atoms with van der Waals surface area (Å²) in [5.41, 5.74) is 1.78. The summed E-state index contributed by atoms with van der Waals surface area (Å²) >= 11 is 7.43. The minimum Gasteiger partial charge on any atom is -0.352 e. The van der Waals surface area contributed by atoms with Gasteiger partial charge in [0.05, 0.1) is 5.25 Å². The molecule has 0 radical (unpaired) electrons. The Morgan fingerprint density at radius 1 is 1.19 bits per heavy atom. The van der Waals surface area contributed by atoms with Crippen LogP contribution < -0.4 is 5.32 Å². The smallest absolute Gasteiger partial charge is 0.233 e. The van der Waals surface area contributed by atoms with Gasteiger partial charge in [-0.05, 0) is 56.2 Å². The number of hydrogen-bond acceptors (Lipinski definition) is 5. The molecule has 0 aliphatic heterocycles. The zero-order chi connectivity index (χ0) is 18.8. The maximum absolute atomic E-state index is 12.4. The molecule has 2 aromatic heterocycles. The van der Waals surface area contributed by atoms with E-state index in [1.807, 2.05) is 47.9 Å². The number of rotatable bonds is 6. The van der Waals surface area contributed by atoms with Gasteiger partial charge < -0.3 is 5.32 Å². The van der Waals surface area contributed by atoms with Crippen LogP contribution in [0.3, 0.4) is 0 Å². The Morgan fingerprint density at radius 3 is 2.56 bits per heavy atom. The summed E-state index contributed by atoms with van der Waals surface area (Å²) in [4.78, 5) is 16.4. The van der Waals surface area contributed by atoms with E-state index in [1.54, 1.807) is 12.4 Å². The van der Waals surface area contributed by atoms with Crippen molar-refractivity contribution in [2.75, 3.05) is 0 Å². The zero-order valence-electron chi connectivity index (χ0n) is 14.7. The van der Waals surface area contributed by atoms with Crippen LogP contribution in [-0.4, -0.2) is 36.9 Å². The zero-order valence-corrected chi connectivity index (χ0v) is 16.2. The highest BCUT2D eigenvalue weighted by Crippen LogP contribution is 2.31. The average molecular weight is 400 g/mol. The van der Waals surface area contributed by atoms with E-state index in [0.29, 0.717) is 22.0 Å². The number of pyridine rings is 1. The van der Waals surface area contributed by atoms with Crippen LogP contribution in [0.2, 0.25) is 5.02 Å². The van der Waals surface area contributed by atoms with E-state index in [4.69, 9.17) is 11.6 Å². The van der Waals surface area contributed by atoms with Crippen molar-refractivity contribution in [3.8, 4) is 17.1 Å². The molecule has 1 unspecified atom stereocenters. The highest BCUT2D eigenvalue weighted by Gasteiger charge is 2.27. The van der Waals surface area contributed by atoms with Gasteiger partial charge in [0.2, 0.25) is 5.91 Å². The van der Waals surface area contributed by atoms with E-state index in [9.17, 15) is 4.79 Å². The second-order valence-corrected chi connectivity index (χ2v) is 8.14. The van der Waals surface area contributed by atoms with Crippen LogP contribution in [0.1, 0.15) is 19.8 Å². The molecule has 1 aliphatic rings. The Bertz CT molecular complexity index is 940. The molecule has 2 heterocycles. The quantitative estimate of drug-likeness (QED) is 0.639. The van der Waals surface area contributed by atoms with Gasteiger partial charge in [-0.2, -0.15) is 0 Å². The number of hydrogen-bond donors (Lipinski definition) is 1. The number of halogens is 1. The van der Waals surface area contributed by atoms with Gasteiger partial charge in [-0.25, -0.2) is 0 Å². The van der Waals surface area contributed by atoms with Crippen LogP contribution in [0.25, 0.3) is 17.1 Å². The van der Waals surface area contributed by atoms with Crippen molar-refractivity contribution in [1.82, 2.24) is 25.1 Å². The number of carbonyl (C=O) groups excluding carboxylic acids is 1. The van der Waals surface area contributed by atoms with E-state index in [-0.39, 0.29) is 11.2 Å². The van der Waals surface area contributed by atoms with Gasteiger partial charge in [0.15, 0.2) is 11.0 Å². The van der Waals surface area contributed by atoms with Crippen molar-refractivity contribution in [2.45, 2.75) is 36.2 Å². The van der Waals surface area contributed by atoms with Gasteiger partial charge in [-0.1, -0.05) is 23.4 Å². The predicted octanol–water partition coefficient (Wildman–Crippen LogP) is 3.74. The molecule has 0 bridgehead atoms. The first-order valence-electron chi connectivity index (χ1n) is 8.70. The van der Waals surface area contributed by atoms with Gasteiger partial charge in [0.25, 0.3) is 0 Å². The summed E-state index contributed by atoms with van der Waals surface area (Å²) in [5, 5.41) is 12.8. The second kappa shape index (κ2) is 7.70. The van der Waals surface area contributed by atoms with Crippen molar-refractivity contribution < 1.29 is 4.79 Å². The summed E-state index contributed by atoms with van der Waals surface area (Å²) in [6.45, 7) is 1.88. The molecule has 4 rings (SSSR count). The molecule has 3 aromatic rings. The highest BCUT2D eigenvalue weighted by molar-refractivity contribution is 8.00. The molecular weight excluding hydrogens is 382 g/mol. The number of nitrogens with one attached hydrogen (secondary N) is 1. The fourth-order valence-electron chi connectivity index (χ4n) is 2.61. The molecule has 27 heavy (non-hydrogen) atoms. The van der Waals surface area contributed by atoms with E-state index < -0.39 is 0 Å². The lowest BCUT2D eigenvalue weighted by atomic mass is 10.2. The second-order valence-electron chi connectivity index (χ2n) is 6.40. The Morgan fingerprint density at radius 2 is 1.89 bits per heavy atom. The third kappa shape index (κ3) is 4.14. The maximum atomic E-state index is 12.4. The molecule has 1 aliphatic carbocycles. The number of amides is 1. The fourth-order valence-corrected chi connectivity index (χ4v) is 3.62. The minimum absolute atomic E-state index is 0.0265. The van der Waals surface area contributed by atoms with E-state index in [0.717, 1.165) is 24.1 Å². The first-order chi connectivity index (χ1) is 13.1. The van der Waals surface area contributed by atoms with Gasteiger partial charge >= 0.3 is 0 Å². The third-order valence-electron chi connectivity index (χ3n) is 4.23. The molecule has 1 atom stereocenters. The summed E-state index contributed by atoms with van der Waals surface area (Å²) in [6.07, 6.45) is 5.57. The normalized spacial score (nSPS) is 14.7. The Hall–Kier alpha value is -2.38. The highest BCUT2D eigenvalue weighted by atomic mass is 35.5. The number of carbonyl (C=O) groups is 1. The lowest BCUT2D eigenvalue weighted by Gasteiger charge is -2.14. The van der Waals surface area contributed by atoms with E-state index in [1.165, 1.54) is 11.8 Å². The molecule has 1 amide bonds. The Kier molecular flexibility index (Phi) is 5.13. The monoisotopic (exact) mass is 399 g/mol. The first-order valence-corrected chi connectivity index (χ1v) is 9.96. The molecule has 8 heteroatoms. The summed E-state index contributed by atoms with van der Waals surface area (Å²) in [5.74, 6) is 0.718. The van der Waals surface area contributed by atoms with Crippen molar-refractivity contribution in [2.24, 2.45) is 0 Å². The molecule has 138 valence electrons. The molecule has 0 saturated heterocycles. The summed E-state index contributed by atoms with van der Waals surface area (Å²) in [7, 11) is 0. The third-order valence-corrected chi connectivity index (χ3v) is 5.53. The van der Waals surface area contributed by atoms with Crippen molar-refractivity contribution >= 4 is 29.3 Å². The van der Waals surface area contributed by atoms with Crippen LogP contribution in [0.4, 0.5) is 0 Å². The number of aromatic nitrogens is 4. The average Bonchev–Trinajstić information content (AvgIpc) is 3.40. The maximum Gasteiger partial charge on any atom is 0.233 e. The largest absolute Gasteiger partial charge is 0.352 e. The molecular formula is C19H18ClN5OS. The first kappa shape index (κ1) is 18.0. The summed E-state index contributed by atoms with van der Waals surface area (Å²) < 4.78 is 1.94. The van der Waals surface area contributed by atoms with Crippen LogP contribution in [-0.2, 0) is 4.79 Å². The molecule has 1 fully saturated rings. The van der Waals surface area contributed by atoms with Gasteiger partial charge in [0, 0.05) is 34.7 Å². The van der Waals surface area contributed by atoms with E-state index in [2.05, 4.69) is 20.5 Å². The SMILES string of the molecule is CC(Sc1nnc(-c2ccncc2)n1-c1ccc(Cl)cc1)C(=O)NC1CC1. The van der Waals surface area contributed by atoms with Crippen LogP contribution >= 0.6 is 23.4 Å². The fraction of sp³-hybridized carbons (Fsp3) is 0.263. The predicted molar refractivity (Wildman–Crippen MR) is 106 cm³/mol. The molecule has 6 nitrogen and oxygen atoms in total. The van der Waals surface area contributed by atoms with Crippen LogP contribution in [0.5, 0.6) is 0 Å². The Balaban J connectivity index is 1.69. The number of thioether (sulfide) groups is 1. The van der Waals surface area contributed by atoms with Gasteiger partial charge in [-0.3, -0.25) is 14.3 Å². The van der Waals surface area contributed by atoms with Crippen molar-refractivity contribution in [3.63, 3.8) is 0 Å². The van der Waals surface area contributed by atoms with Crippen molar-refractivity contribution in [1.29, 1.82) is 0 Å². The molecule has 0 spiro atoms. The lowest BCUT2D eigenvalue weighted by Crippen LogP contribution is -2.32. The number of nitrogens with zero attached hydrogens (tertiary/aromatic N) is 4. The summed E-state index contributed by atoms with van der Waals surface area (Å²) in [6, 6.07) is 11.6. The Labute approximate surface area is 166 Å². The van der Waals surface area contributed by atoms with Crippen molar-refractivity contribution in [3.05, 3.63) is 53.8 Å². The molecule has 1 saturated carbocycles. The van der Waals surface area contributed by atoms with E-state index >= 15 is 0 Å². The van der Waals surface area contributed by atoms with Gasteiger partial charge in [0.1, 0.15) is 0 Å². The van der Waals surface area contributed by atoms with Gasteiger partial charge in [-0.15, -0.1) is 10.2 Å². The topological polar surface area (TPSA) is 72.7 Å². The van der Waals surface area contributed by atoms with Crippen LogP contribution in [0.15, 0.2) is 53.9 Å². The molecule has 1 aromatic carbocycles. The minimum atomic E-state index is -0.272. The molecule has 1 N–H and O–H groups in total.